The third kappa shape index (κ3) is 4.80. The van der Waals surface area contributed by atoms with Crippen molar-refractivity contribution in [3.8, 4) is 0 Å². The number of para-hydroxylation sites is 1. The zero-order valence-electron chi connectivity index (χ0n) is 17.6. The molecular formula is C22H25N5O5. The number of benzene rings is 2. The Labute approximate surface area is 185 Å². The number of anilines is 2. The van der Waals surface area contributed by atoms with Crippen LogP contribution in [0.4, 0.5) is 17.1 Å². The minimum Gasteiger partial charge on any atom is -0.378 e. The number of aryl methyl sites for hydroxylation is 1. The Kier molecular flexibility index (Phi) is 6.50. The molecule has 0 aliphatic carbocycles. The summed E-state index contributed by atoms with van der Waals surface area (Å²) in [5.74, 6) is -0.983. The predicted octanol–water partition coefficient (Wildman–Crippen LogP) is 1.65. The molecule has 2 amide bonds. The fourth-order valence-electron chi connectivity index (χ4n) is 4.07. The van der Waals surface area contributed by atoms with Crippen LogP contribution < -0.4 is 20.7 Å². The van der Waals surface area contributed by atoms with Crippen molar-refractivity contribution < 1.29 is 19.2 Å². The van der Waals surface area contributed by atoms with Crippen molar-refractivity contribution in [3.63, 3.8) is 0 Å². The monoisotopic (exact) mass is 439 g/mol. The van der Waals surface area contributed by atoms with E-state index in [0.29, 0.717) is 32.0 Å². The summed E-state index contributed by atoms with van der Waals surface area (Å²) in [7, 11) is 0. The lowest BCUT2D eigenvalue weighted by Gasteiger charge is -2.30. The maximum atomic E-state index is 12.5. The molecule has 32 heavy (non-hydrogen) atoms. The molecule has 10 heteroatoms. The number of nitrogens with one attached hydrogen (secondary N) is 2. The fraction of sp³-hybridized carbons (Fsp3) is 0.364. The van der Waals surface area contributed by atoms with E-state index in [1.54, 1.807) is 6.07 Å². The quantitative estimate of drug-likeness (QED) is 0.537. The van der Waals surface area contributed by atoms with Gasteiger partial charge in [-0.25, -0.2) is 0 Å². The number of nitro benzene ring substituents is 1. The second kappa shape index (κ2) is 9.65. The molecule has 0 spiro atoms. The molecular weight excluding hydrogens is 414 g/mol. The first-order chi connectivity index (χ1) is 15.5. The van der Waals surface area contributed by atoms with Crippen LogP contribution in [0.1, 0.15) is 22.3 Å². The SMILES string of the molecule is O=C(CN1CCCc2ccccc21)NNC(=O)c1ccc(N2CCOCC2)c([N+](=O)[O-])c1. The summed E-state index contributed by atoms with van der Waals surface area (Å²) in [6.07, 6.45) is 1.93. The van der Waals surface area contributed by atoms with Gasteiger partial charge in [-0.15, -0.1) is 0 Å². The van der Waals surface area contributed by atoms with Crippen molar-refractivity contribution in [2.45, 2.75) is 12.8 Å². The van der Waals surface area contributed by atoms with Crippen LogP contribution in [0.25, 0.3) is 0 Å². The summed E-state index contributed by atoms with van der Waals surface area (Å²) < 4.78 is 5.29. The van der Waals surface area contributed by atoms with Crippen LogP contribution in [-0.2, 0) is 16.0 Å². The number of rotatable bonds is 5. The Morgan fingerprint density at radius 2 is 1.81 bits per heavy atom. The molecule has 1 saturated heterocycles. The average molecular weight is 439 g/mol. The third-order valence-electron chi connectivity index (χ3n) is 5.64. The zero-order chi connectivity index (χ0) is 22.5. The van der Waals surface area contributed by atoms with Gasteiger partial charge in [0.05, 0.1) is 24.7 Å². The van der Waals surface area contributed by atoms with E-state index in [4.69, 9.17) is 4.74 Å². The zero-order valence-corrected chi connectivity index (χ0v) is 17.6. The minimum absolute atomic E-state index is 0.0947. The molecule has 168 valence electrons. The van der Waals surface area contributed by atoms with Gasteiger partial charge in [0.15, 0.2) is 0 Å². The number of carbonyl (C=O) groups is 2. The van der Waals surface area contributed by atoms with Crippen LogP contribution in [0, 0.1) is 10.1 Å². The molecule has 2 aliphatic rings. The van der Waals surface area contributed by atoms with Gasteiger partial charge in [-0.3, -0.25) is 30.6 Å². The van der Waals surface area contributed by atoms with E-state index in [2.05, 4.69) is 16.9 Å². The first-order valence-corrected chi connectivity index (χ1v) is 10.6. The van der Waals surface area contributed by atoms with E-state index >= 15 is 0 Å². The maximum absolute atomic E-state index is 12.5. The van der Waals surface area contributed by atoms with Crippen LogP contribution >= 0.6 is 0 Å². The molecule has 2 N–H and O–H groups in total. The molecule has 2 aromatic rings. The van der Waals surface area contributed by atoms with Gasteiger partial charge in [-0.1, -0.05) is 18.2 Å². The Hall–Kier alpha value is -3.66. The third-order valence-corrected chi connectivity index (χ3v) is 5.64. The largest absolute Gasteiger partial charge is 0.378 e. The number of amides is 2. The van der Waals surface area contributed by atoms with E-state index in [9.17, 15) is 19.7 Å². The van der Waals surface area contributed by atoms with E-state index < -0.39 is 10.8 Å². The molecule has 0 bridgehead atoms. The summed E-state index contributed by atoms with van der Waals surface area (Å²) in [4.78, 5) is 39.8. The smallest absolute Gasteiger partial charge is 0.293 e. The number of hydrogen-bond donors (Lipinski definition) is 2. The fourth-order valence-corrected chi connectivity index (χ4v) is 4.07. The highest BCUT2D eigenvalue weighted by Gasteiger charge is 2.24. The van der Waals surface area contributed by atoms with Crippen LogP contribution in [-0.4, -0.2) is 56.1 Å². The van der Waals surface area contributed by atoms with Gasteiger partial charge in [-0.05, 0) is 36.6 Å². The molecule has 0 atom stereocenters. The van der Waals surface area contributed by atoms with Crippen LogP contribution in [0.3, 0.4) is 0 Å². The van der Waals surface area contributed by atoms with Gasteiger partial charge in [0, 0.05) is 37.0 Å². The van der Waals surface area contributed by atoms with Gasteiger partial charge in [-0.2, -0.15) is 0 Å². The normalized spacial score (nSPS) is 15.6. The van der Waals surface area contributed by atoms with Crippen LogP contribution in [0.15, 0.2) is 42.5 Å². The molecule has 1 fully saturated rings. The number of hydrogen-bond acceptors (Lipinski definition) is 7. The number of carbonyl (C=O) groups excluding carboxylic acids is 2. The highest BCUT2D eigenvalue weighted by atomic mass is 16.6. The second-order valence-corrected chi connectivity index (χ2v) is 7.72. The Balaban J connectivity index is 1.38. The average Bonchev–Trinajstić information content (AvgIpc) is 2.83. The van der Waals surface area contributed by atoms with Crippen molar-refractivity contribution in [2.24, 2.45) is 0 Å². The van der Waals surface area contributed by atoms with E-state index in [-0.39, 0.29) is 23.7 Å². The van der Waals surface area contributed by atoms with Crippen molar-refractivity contribution in [1.29, 1.82) is 0 Å². The molecule has 0 radical (unpaired) electrons. The lowest BCUT2D eigenvalue weighted by atomic mass is 10.0. The maximum Gasteiger partial charge on any atom is 0.293 e. The van der Waals surface area contributed by atoms with Gasteiger partial charge in [0.25, 0.3) is 17.5 Å². The standard InChI is InChI=1S/C22H25N5O5/c28-21(15-26-9-3-5-16-4-1-2-6-18(16)26)23-24-22(29)17-7-8-19(20(14-17)27(30)31)25-10-12-32-13-11-25/h1-2,4,6-8,14H,3,5,9-13,15H2,(H,23,28)(H,24,29). The van der Waals surface area contributed by atoms with E-state index in [1.165, 1.54) is 17.7 Å². The molecule has 0 saturated carbocycles. The number of fused-ring (bicyclic) bond motifs is 1. The van der Waals surface area contributed by atoms with Crippen LogP contribution in [0.2, 0.25) is 0 Å². The molecule has 2 aliphatic heterocycles. The Morgan fingerprint density at radius 1 is 1.03 bits per heavy atom. The van der Waals surface area contributed by atoms with Gasteiger partial charge < -0.3 is 14.5 Å². The second-order valence-electron chi connectivity index (χ2n) is 7.72. The van der Waals surface area contributed by atoms with Crippen molar-refractivity contribution in [2.75, 3.05) is 49.2 Å². The molecule has 0 aromatic heterocycles. The topological polar surface area (TPSA) is 117 Å². The lowest BCUT2D eigenvalue weighted by molar-refractivity contribution is -0.384. The molecule has 4 rings (SSSR count). The molecule has 0 unspecified atom stereocenters. The van der Waals surface area contributed by atoms with Gasteiger partial charge in [0.1, 0.15) is 5.69 Å². The van der Waals surface area contributed by atoms with Crippen molar-refractivity contribution in [1.82, 2.24) is 10.9 Å². The predicted molar refractivity (Wildman–Crippen MR) is 119 cm³/mol. The minimum atomic E-state index is -0.617. The van der Waals surface area contributed by atoms with Gasteiger partial charge in [0.2, 0.25) is 0 Å². The summed E-state index contributed by atoms with van der Waals surface area (Å²) >= 11 is 0. The van der Waals surface area contributed by atoms with E-state index in [1.807, 2.05) is 28.0 Å². The number of nitro groups is 1. The highest BCUT2D eigenvalue weighted by molar-refractivity contribution is 5.97. The first kappa shape index (κ1) is 21.6. The van der Waals surface area contributed by atoms with Crippen molar-refractivity contribution in [3.05, 3.63) is 63.7 Å². The van der Waals surface area contributed by atoms with Crippen molar-refractivity contribution >= 4 is 28.9 Å². The number of morpholine rings is 1. The summed E-state index contributed by atoms with van der Waals surface area (Å²) in [5.41, 5.74) is 7.37. The van der Waals surface area contributed by atoms with Gasteiger partial charge >= 0.3 is 0 Å². The summed E-state index contributed by atoms with van der Waals surface area (Å²) in [6.45, 7) is 2.94. The molecule has 2 aromatic carbocycles. The summed E-state index contributed by atoms with van der Waals surface area (Å²) in [5, 5.41) is 11.6. The van der Waals surface area contributed by atoms with Crippen LogP contribution in [0.5, 0.6) is 0 Å². The number of hydrazine groups is 1. The van der Waals surface area contributed by atoms with E-state index in [0.717, 1.165) is 25.1 Å². The first-order valence-electron chi connectivity index (χ1n) is 10.6. The highest BCUT2D eigenvalue weighted by Crippen LogP contribution is 2.30. The Bertz CT molecular complexity index is 1020. The number of nitrogens with zero attached hydrogens (tertiary/aromatic N) is 3. The summed E-state index contributed by atoms with van der Waals surface area (Å²) in [6, 6.07) is 12.2. The Morgan fingerprint density at radius 3 is 2.59 bits per heavy atom. The number of ether oxygens (including phenoxy) is 1. The molecule has 10 nitrogen and oxygen atoms in total. The molecule has 2 heterocycles. The lowest BCUT2D eigenvalue weighted by Crippen LogP contribution is -2.47.